The molecule has 4 nitrogen and oxygen atoms in total. The fourth-order valence-corrected chi connectivity index (χ4v) is 4.81. The second-order valence-electron chi connectivity index (χ2n) is 6.03. The number of fused-ring (bicyclic) bond motifs is 3. The largest absolute Gasteiger partial charge is 0.357 e. The fraction of sp³-hybridized carbons (Fsp3) is 0.222. The van der Waals surface area contributed by atoms with Crippen LogP contribution in [0.15, 0.2) is 53.4 Å². The zero-order valence-corrected chi connectivity index (χ0v) is 13.7. The molecule has 5 heteroatoms. The molecular formula is C18H18N2O2S. The van der Waals surface area contributed by atoms with Crippen LogP contribution in [0.4, 0.5) is 0 Å². The molecule has 2 heterocycles. The van der Waals surface area contributed by atoms with Gasteiger partial charge in [-0.3, -0.25) is 0 Å². The molecule has 23 heavy (non-hydrogen) atoms. The molecule has 4 rings (SSSR count). The smallest absolute Gasteiger partial charge is 0.243 e. The van der Waals surface area contributed by atoms with Crippen molar-refractivity contribution in [3.63, 3.8) is 0 Å². The first-order valence-electron chi connectivity index (χ1n) is 7.71. The number of hydrogen-bond acceptors (Lipinski definition) is 2. The zero-order chi connectivity index (χ0) is 16.0. The Morgan fingerprint density at radius 2 is 1.91 bits per heavy atom. The minimum absolute atomic E-state index is 0.372. The molecule has 1 aliphatic rings. The van der Waals surface area contributed by atoms with Gasteiger partial charge in [0.2, 0.25) is 10.0 Å². The standard InChI is InChI=1S/C18H18N2O2S/c1-13-5-4-6-14(11-13)23(21,22)20-10-9-16-15-7-2-3-8-17(15)19-18(16)12-20/h2-8,11,19H,9-10,12H2,1H3. The van der Waals surface area contributed by atoms with E-state index in [-0.39, 0.29) is 0 Å². The van der Waals surface area contributed by atoms with Gasteiger partial charge in [0.1, 0.15) is 0 Å². The van der Waals surface area contributed by atoms with Crippen LogP contribution >= 0.6 is 0 Å². The van der Waals surface area contributed by atoms with Crippen LogP contribution in [0.5, 0.6) is 0 Å². The van der Waals surface area contributed by atoms with Gasteiger partial charge in [-0.2, -0.15) is 4.31 Å². The van der Waals surface area contributed by atoms with Crippen molar-refractivity contribution in [1.82, 2.24) is 9.29 Å². The summed E-state index contributed by atoms with van der Waals surface area (Å²) in [5.74, 6) is 0. The summed E-state index contributed by atoms with van der Waals surface area (Å²) in [6.45, 7) is 2.83. The quantitative estimate of drug-likeness (QED) is 0.786. The lowest BCUT2D eigenvalue weighted by Gasteiger charge is -2.26. The highest BCUT2D eigenvalue weighted by Crippen LogP contribution is 2.30. The number of nitrogens with one attached hydrogen (secondary N) is 1. The third-order valence-corrected chi connectivity index (χ3v) is 6.32. The molecular weight excluding hydrogens is 308 g/mol. The van der Waals surface area contributed by atoms with Crippen LogP contribution in [-0.2, 0) is 23.0 Å². The number of para-hydroxylation sites is 1. The number of rotatable bonds is 2. The van der Waals surface area contributed by atoms with Crippen LogP contribution in [-0.4, -0.2) is 24.3 Å². The Morgan fingerprint density at radius 1 is 1.09 bits per heavy atom. The molecule has 1 aromatic heterocycles. The first kappa shape index (κ1) is 14.5. The monoisotopic (exact) mass is 326 g/mol. The van der Waals surface area contributed by atoms with Gasteiger partial charge in [-0.05, 0) is 42.7 Å². The maximum absolute atomic E-state index is 12.9. The van der Waals surface area contributed by atoms with Crippen LogP contribution in [0.1, 0.15) is 16.8 Å². The third kappa shape index (κ3) is 2.36. The normalized spacial score (nSPS) is 15.7. The van der Waals surface area contributed by atoms with Crippen LogP contribution < -0.4 is 0 Å². The summed E-state index contributed by atoms with van der Waals surface area (Å²) in [6.07, 6.45) is 0.740. The molecule has 0 atom stereocenters. The van der Waals surface area contributed by atoms with E-state index < -0.39 is 10.0 Å². The van der Waals surface area contributed by atoms with Gasteiger partial charge in [-0.15, -0.1) is 0 Å². The number of aryl methyl sites for hydroxylation is 1. The summed E-state index contributed by atoms with van der Waals surface area (Å²) in [5, 5.41) is 1.20. The lowest BCUT2D eigenvalue weighted by Crippen LogP contribution is -2.35. The summed E-state index contributed by atoms with van der Waals surface area (Å²) >= 11 is 0. The Balaban J connectivity index is 1.72. The average molecular weight is 326 g/mol. The summed E-state index contributed by atoms with van der Waals surface area (Å²) in [5.41, 5.74) is 4.28. The first-order chi connectivity index (χ1) is 11.1. The van der Waals surface area contributed by atoms with Gasteiger partial charge in [0, 0.05) is 23.1 Å². The molecule has 0 bridgehead atoms. The van der Waals surface area contributed by atoms with Gasteiger partial charge < -0.3 is 4.98 Å². The number of nitrogens with zero attached hydrogens (tertiary/aromatic N) is 1. The maximum Gasteiger partial charge on any atom is 0.243 e. The number of sulfonamides is 1. The molecule has 0 radical (unpaired) electrons. The molecule has 2 aromatic carbocycles. The van der Waals surface area contributed by atoms with E-state index in [2.05, 4.69) is 11.1 Å². The SMILES string of the molecule is Cc1cccc(S(=O)(=O)N2CCc3c([nH]c4ccccc34)C2)c1. The highest BCUT2D eigenvalue weighted by Gasteiger charge is 2.30. The van der Waals surface area contributed by atoms with Gasteiger partial charge in [-0.1, -0.05) is 30.3 Å². The lowest BCUT2D eigenvalue weighted by molar-refractivity contribution is 0.388. The van der Waals surface area contributed by atoms with E-state index in [4.69, 9.17) is 0 Å². The van der Waals surface area contributed by atoms with Gasteiger partial charge in [-0.25, -0.2) is 8.42 Å². The second-order valence-corrected chi connectivity index (χ2v) is 7.97. The molecule has 0 amide bonds. The molecule has 118 valence electrons. The van der Waals surface area contributed by atoms with Crippen molar-refractivity contribution in [3.05, 3.63) is 65.4 Å². The van der Waals surface area contributed by atoms with Crippen molar-refractivity contribution >= 4 is 20.9 Å². The number of H-pyrrole nitrogens is 1. The van der Waals surface area contributed by atoms with E-state index in [1.54, 1.807) is 22.5 Å². The van der Waals surface area contributed by atoms with E-state index >= 15 is 0 Å². The van der Waals surface area contributed by atoms with Crippen molar-refractivity contribution in [2.45, 2.75) is 24.8 Å². The van der Waals surface area contributed by atoms with Crippen molar-refractivity contribution in [3.8, 4) is 0 Å². The first-order valence-corrected chi connectivity index (χ1v) is 9.15. The van der Waals surface area contributed by atoms with E-state index in [9.17, 15) is 8.42 Å². The fourth-order valence-electron chi connectivity index (χ4n) is 3.30. The van der Waals surface area contributed by atoms with Crippen molar-refractivity contribution in [2.24, 2.45) is 0 Å². The van der Waals surface area contributed by atoms with E-state index in [1.165, 1.54) is 10.9 Å². The average Bonchev–Trinajstić information content (AvgIpc) is 2.92. The molecule has 0 unspecified atom stereocenters. The maximum atomic E-state index is 12.9. The summed E-state index contributed by atoms with van der Waals surface area (Å²) in [7, 11) is -3.45. The number of benzene rings is 2. The van der Waals surface area contributed by atoms with Crippen LogP contribution in [0.3, 0.4) is 0 Å². The Hall–Kier alpha value is -2.11. The lowest BCUT2D eigenvalue weighted by atomic mass is 10.1. The third-order valence-electron chi connectivity index (χ3n) is 4.48. The molecule has 0 spiro atoms. The van der Waals surface area contributed by atoms with Gasteiger partial charge in [0.05, 0.1) is 11.4 Å². The van der Waals surface area contributed by atoms with Crippen molar-refractivity contribution in [1.29, 1.82) is 0 Å². The van der Waals surface area contributed by atoms with Gasteiger partial charge >= 0.3 is 0 Å². The number of aromatic amines is 1. The van der Waals surface area contributed by atoms with Crippen molar-refractivity contribution < 1.29 is 8.42 Å². The molecule has 1 aliphatic heterocycles. The molecule has 0 saturated carbocycles. The molecule has 0 saturated heterocycles. The summed E-state index contributed by atoms with van der Waals surface area (Å²) in [4.78, 5) is 3.75. The minimum Gasteiger partial charge on any atom is -0.357 e. The van der Waals surface area contributed by atoms with E-state index in [1.807, 2.05) is 31.2 Å². The van der Waals surface area contributed by atoms with Crippen LogP contribution in [0, 0.1) is 6.92 Å². The molecule has 0 fully saturated rings. The molecule has 1 N–H and O–H groups in total. The Labute approximate surface area is 135 Å². The van der Waals surface area contributed by atoms with E-state index in [0.29, 0.717) is 18.0 Å². The van der Waals surface area contributed by atoms with Gasteiger partial charge in [0.25, 0.3) is 0 Å². The predicted octanol–water partition coefficient (Wildman–Crippen LogP) is 3.22. The Morgan fingerprint density at radius 3 is 2.74 bits per heavy atom. The highest BCUT2D eigenvalue weighted by atomic mass is 32.2. The summed E-state index contributed by atoms with van der Waals surface area (Å²) in [6, 6.07) is 15.2. The topological polar surface area (TPSA) is 53.2 Å². The highest BCUT2D eigenvalue weighted by molar-refractivity contribution is 7.89. The van der Waals surface area contributed by atoms with Gasteiger partial charge in [0.15, 0.2) is 0 Å². The predicted molar refractivity (Wildman–Crippen MR) is 90.8 cm³/mol. The number of aromatic nitrogens is 1. The van der Waals surface area contributed by atoms with E-state index in [0.717, 1.165) is 23.2 Å². The Kier molecular flexibility index (Phi) is 3.28. The van der Waals surface area contributed by atoms with Crippen LogP contribution in [0.25, 0.3) is 10.9 Å². The molecule has 0 aliphatic carbocycles. The minimum atomic E-state index is -3.45. The molecule has 3 aromatic rings. The second kappa shape index (κ2) is 5.22. The zero-order valence-electron chi connectivity index (χ0n) is 12.9. The van der Waals surface area contributed by atoms with Crippen LogP contribution in [0.2, 0.25) is 0 Å². The number of hydrogen-bond donors (Lipinski definition) is 1. The summed E-state index contributed by atoms with van der Waals surface area (Å²) < 4.78 is 27.3. The Bertz CT molecular complexity index is 989. The van der Waals surface area contributed by atoms with Crippen molar-refractivity contribution in [2.75, 3.05) is 6.54 Å².